The topological polar surface area (TPSA) is 33.2 Å². The van der Waals surface area contributed by atoms with Crippen molar-refractivity contribution in [1.29, 1.82) is 0 Å². The van der Waals surface area contributed by atoms with Gasteiger partial charge in [0.25, 0.3) is 5.91 Å². The van der Waals surface area contributed by atoms with E-state index >= 15 is 0 Å². The van der Waals surface area contributed by atoms with Gasteiger partial charge in [0.1, 0.15) is 5.69 Å². The summed E-state index contributed by atoms with van der Waals surface area (Å²) in [4.78, 5) is 18.6. The highest BCUT2D eigenvalue weighted by Crippen LogP contribution is 2.22. The van der Waals surface area contributed by atoms with Crippen LogP contribution in [0.15, 0.2) is 18.3 Å². The Bertz CT molecular complexity index is 420. The molecule has 0 bridgehead atoms. The second-order valence-electron chi connectivity index (χ2n) is 4.91. The minimum atomic E-state index is 0.0902. The van der Waals surface area contributed by atoms with Gasteiger partial charge in [-0.15, -0.1) is 0 Å². The van der Waals surface area contributed by atoms with Crippen LogP contribution in [0.3, 0.4) is 0 Å². The normalized spacial score (nSPS) is 19.9. The summed E-state index contributed by atoms with van der Waals surface area (Å²) in [5.74, 6) is 0.721. The molecule has 1 aliphatic rings. The Balaban J connectivity index is 2.07. The van der Waals surface area contributed by atoms with Crippen molar-refractivity contribution in [3.8, 4) is 0 Å². The van der Waals surface area contributed by atoms with Crippen LogP contribution in [0.2, 0.25) is 0 Å². The molecule has 0 aromatic carbocycles. The number of amides is 1. The second-order valence-corrected chi connectivity index (χ2v) is 5.70. The van der Waals surface area contributed by atoms with Gasteiger partial charge in [-0.3, -0.25) is 9.78 Å². The number of likely N-dealkylation sites (tertiary alicyclic amines) is 1. The number of carbonyl (C=O) groups is 1. The number of halogens is 1. The molecule has 1 unspecified atom stereocenters. The lowest BCUT2D eigenvalue weighted by Gasteiger charge is -2.32. The maximum atomic E-state index is 12.4. The number of piperidine rings is 1. The first-order valence-electron chi connectivity index (χ1n) is 6.49. The molecule has 0 N–H and O–H groups in total. The van der Waals surface area contributed by atoms with Gasteiger partial charge in [0.15, 0.2) is 0 Å². The van der Waals surface area contributed by atoms with E-state index in [1.807, 2.05) is 24.0 Å². The van der Waals surface area contributed by atoms with Crippen LogP contribution in [0.25, 0.3) is 0 Å². The zero-order valence-electron chi connectivity index (χ0n) is 10.7. The van der Waals surface area contributed by atoms with Crippen molar-refractivity contribution in [3.63, 3.8) is 0 Å². The first kappa shape index (κ1) is 13.5. The quantitative estimate of drug-likeness (QED) is 0.804. The van der Waals surface area contributed by atoms with E-state index in [1.54, 1.807) is 6.20 Å². The number of hydrogen-bond acceptors (Lipinski definition) is 2. The van der Waals surface area contributed by atoms with Crippen molar-refractivity contribution in [2.24, 2.45) is 5.92 Å². The summed E-state index contributed by atoms with van der Waals surface area (Å²) >= 11 is 3.48. The van der Waals surface area contributed by atoms with Gasteiger partial charge in [-0.2, -0.15) is 0 Å². The highest BCUT2D eigenvalue weighted by Gasteiger charge is 2.25. The number of carbonyl (C=O) groups excluding carboxylic acids is 1. The van der Waals surface area contributed by atoms with Gasteiger partial charge in [-0.05, 0) is 43.7 Å². The van der Waals surface area contributed by atoms with Crippen LogP contribution in [0.1, 0.15) is 35.3 Å². The average Bonchev–Trinajstić information content (AvgIpc) is 2.39. The van der Waals surface area contributed by atoms with Gasteiger partial charge in [-0.1, -0.05) is 22.0 Å². The average molecular weight is 311 g/mol. The van der Waals surface area contributed by atoms with Crippen LogP contribution in [0.5, 0.6) is 0 Å². The molecule has 1 aliphatic heterocycles. The number of aromatic nitrogens is 1. The summed E-state index contributed by atoms with van der Waals surface area (Å²) in [6.07, 6.45) is 5.18. The summed E-state index contributed by atoms with van der Waals surface area (Å²) in [5.41, 5.74) is 1.57. The van der Waals surface area contributed by atoms with Crippen molar-refractivity contribution in [2.75, 3.05) is 18.4 Å². The fourth-order valence-corrected chi connectivity index (χ4v) is 3.15. The Morgan fingerprint density at radius 3 is 3.17 bits per heavy atom. The first-order valence-corrected chi connectivity index (χ1v) is 7.61. The Kier molecular flexibility index (Phi) is 4.75. The van der Waals surface area contributed by atoms with Crippen LogP contribution in [-0.4, -0.2) is 34.2 Å². The molecule has 2 heterocycles. The van der Waals surface area contributed by atoms with Crippen molar-refractivity contribution < 1.29 is 4.79 Å². The van der Waals surface area contributed by atoms with Crippen molar-refractivity contribution in [3.05, 3.63) is 29.6 Å². The molecule has 98 valence electrons. The van der Waals surface area contributed by atoms with E-state index in [0.29, 0.717) is 11.6 Å². The molecule has 1 saturated heterocycles. The minimum absolute atomic E-state index is 0.0902. The number of nitrogens with zero attached hydrogens (tertiary/aromatic N) is 2. The van der Waals surface area contributed by atoms with E-state index in [1.165, 1.54) is 6.42 Å². The third-order valence-corrected chi connectivity index (χ3v) is 3.99. The minimum Gasteiger partial charge on any atom is -0.337 e. The summed E-state index contributed by atoms with van der Waals surface area (Å²) in [6.45, 7) is 3.69. The van der Waals surface area contributed by atoms with Gasteiger partial charge >= 0.3 is 0 Å². The van der Waals surface area contributed by atoms with Crippen LogP contribution in [0, 0.1) is 12.8 Å². The zero-order valence-corrected chi connectivity index (χ0v) is 12.3. The molecule has 0 radical (unpaired) electrons. The third kappa shape index (κ3) is 3.10. The maximum Gasteiger partial charge on any atom is 0.272 e. The standard InChI is InChI=1S/C14H19BrN2O/c1-11-4-2-8-16-13(11)14(18)17-9-3-5-12(10-17)6-7-15/h2,4,8,12H,3,5-7,9-10H2,1H3. The molecular weight excluding hydrogens is 292 g/mol. The molecule has 1 fully saturated rings. The fourth-order valence-electron chi connectivity index (χ4n) is 2.50. The molecule has 0 saturated carbocycles. The van der Waals surface area contributed by atoms with Gasteiger partial charge < -0.3 is 4.90 Å². The molecule has 0 aliphatic carbocycles. The monoisotopic (exact) mass is 310 g/mol. The van der Waals surface area contributed by atoms with Gasteiger partial charge in [0.2, 0.25) is 0 Å². The predicted octanol–water partition coefficient (Wildman–Crippen LogP) is 3.03. The number of pyridine rings is 1. The van der Waals surface area contributed by atoms with E-state index in [0.717, 1.165) is 36.8 Å². The SMILES string of the molecule is Cc1cccnc1C(=O)N1CCCC(CCBr)C1. The first-order chi connectivity index (χ1) is 8.72. The van der Waals surface area contributed by atoms with Crippen LogP contribution in [0.4, 0.5) is 0 Å². The molecule has 4 heteroatoms. The predicted molar refractivity (Wildman–Crippen MR) is 76.0 cm³/mol. The Morgan fingerprint density at radius 1 is 1.61 bits per heavy atom. The zero-order chi connectivity index (χ0) is 13.0. The van der Waals surface area contributed by atoms with Gasteiger partial charge in [0, 0.05) is 24.6 Å². The van der Waals surface area contributed by atoms with E-state index in [-0.39, 0.29) is 5.91 Å². The third-order valence-electron chi connectivity index (χ3n) is 3.54. The highest BCUT2D eigenvalue weighted by molar-refractivity contribution is 9.09. The van der Waals surface area contributed by atoms with Crippen LogP contribution in [-0.2, 0) is 0 Å². The smallest absolute Gasteiger partial charge is 0.272 e. The van der Waals surface area contributed by atoms with Crippen molar-refractivity contribution >= 4 is 21.8 Å². The molecule has 1 amide bonds. The summed E-state index contributed by atoms with van der Waals surface area (Å²) in [5, 5.41) is 1.02. The lowest BCUT2D eigenvalue weighted by Crippen LogP contribution is -2.40. The van der Waals surface area contributed by atoms with E-state index in [9.17, 15) is 4.79 Å². The van der Waals surface area contributed by atoms with Gasteiger partial charge in [-0.25, -0.2) is 0 Å². The molecule has 1 aromatic heterocycles. The summed E-state index contributed by atoms with van der Waals surface area (Å²) in [6, 6.07) is 3.82. The number of rotatable bonds is 3. The maximum absolute atomic E-state index is 12.4. The van der Waals surface area contributed by atoms with Crippen molar-refractivity contribution in [1.82, 2.24) is 9.88 Å². The molecule has 3 nitrogen and oxygen atoms in total. The lowest BCUT2D eigenvalue weighted by atomic mass is 9.95. The molecular formula is C14H19BrN2O. The number of aryl methyl sites for hydroxylation is 1. The van der Waals surface area contributed by atoms with Crippen LogP contribution < -0.4 is 0 Å². The highest BCUT2D eigenvalue weighted by atomic mass is 79.9. The molecule has 1 aromatic rings. The second kappa shape index (κ2) is 6.32. The number of hydrogen-bond donors (Lipinski definition) is 0. The largest absolute Gasteiger partial charge is 0.337 e. The lowest BCUT2D eigenvalue weighted by molar-refractivity contribution is 0.0665. The Morgan fingerprint density at radius 2 is 2.44 bits per heavy atom. The van der Waals surface area contributed by atoms with Crippen molar-refractivity contribution in [2.45, 2.75) is 26.2 Å². The van der Waals surface area contributed by atoms with Gasteiger partial charge in [0.05, 0.1) is 0 Å². The molecule has 2 rings (SSSR count). The Hall–Kier alpha value is -0.900. The molecule has 0 spiro atoms. The fraction of sp³-hybridized carbons (Fsp3) is 0.571. The summed E-state index contributed by atoms with van der Waals surface area (Å²) < 4.78 is 0. The van der Waals surface area contributed by atoms with Crippen LogP contribution >= 0.6 is 15.9 Å². The summed E-state index contributed by atoms with van der Waals surface area (Å²) in [7, 11) is 0. The molecule has 1 atom stereocenters. The molecule has 18 heavy (non-hydrogen) atoms. The Labute approximate surface area is 117 Å². The van der Waals surface area contributed by atoms with E-state index in [4.69, 9.17) is 0 Å². The number of alkyl halides is 1. The van der Waals surface area contributed by atoms with E-state index in [2.05, 4.69) is 20.9 Å². The van der Waals surface area contributed by atoms with E-state index < -0.39 is 0 Å².